The first kappa shape index (κ1) is 14.1. The van der Waals surface area contributed by atoms with Crippen LogP contribution in [0.2, 0.25) is 5.15 Å². The number of hydrogen-bond donors (Lipinski definition) is 1. The van der Waals surface area contributed by atoms with Crippen LogP contribution < -0.4 is 5.56 Å². The van der Waals surface area contributed by atoms with E-state index in [2.05, 4.69) is 29.9 Å². The van der Waals surface area contributed by atoms with E-state index >= 15 is 0 Å². The quantitative estimate of drug-likeness (QED) is 0.478. The fourth-order valence-electron chi connectivity index (χ4n) is 1.94. The van der Waals surface area contributed by atoms with Crippen LogP contribution in [0.1, 0.15) is 0 Å². The van der Waals surface area contributed by atoms with Crippen molar-refractivity contribution in [2.75, 3.05) is 0 Å². The van der Waals surface area contributed by atoms with Gasteiger partial charge in [0.25, 0.3) is 5.56 Å². The predicted octanol–water partition coefficient (Wildman–Crippen LogP) is 0.673. The highest BCUT2D eigenvalue weighted by Crippen LogP contribution is 2.16. The standard InChI is InChI=1S/C6H5ClN4.C6H6N4O/c1-11-3-10-6-4(11)5(7)8-2-9-6;1-10-3-9-5-4(10)6(11)8-2-7-5/h2-3H,1H3;2-3H,1H3,(H,7,8,11). The number of aromatic amines is 1. The van der Waals surface area contributed by atoms with Crippen molar-refractivity contribution in [2.45, 2.75) is 0 Å². The molecule has 4 aromatic rings. The van der Waals surface area contributed by atoms with Crippen LogP contribution in [-0.4, -0.2) is 39.0 Å². The molecule has 0 aromatic carbocycles. The van der Waals surface area contributed by atoms with Gasteiger partial charge in [0, 0.05) is 14.1 Å². The number of nitrogens with one attached hydrogen (secondary N) is 1. The maximum Gasteiger partial charge on any atom is 0.276 e. The highest BCUT2D eigenvalue weighted by Gasteiger charge is 2.04. The number of imidazole rings is 2. The zero-order valence-corrected chi connectivity index (χ0v) is 12.5. The van der Waals surface area contributed by atoms with Gasteiger partial charge >= 0.3 is 0 Å². The SMILES string of the molecule is Cn1cnc2nc[nH]c(=O)c21.Cn1cnc2ncnc(Cl)c21. The van der Waals surface area contributed by atoms with E-state index in [1.54, 1.807) is 28.8 Å². The van der Waals surface area contributed by atoms with Gasteiger partial charge in [-0.3, -0.25) is 4.79 Å². The molecule has 0 saturated heterocycles. The summed E-state index contributed by atoms with van der Waals surface area (Å²) >= 11 is 5.79. The van der Waals surface area contributed by atoms with Crippen LogP contribution in [0.3, 0.4) is 0 Å². The van der Waals surface area contributed by atoms with E-state index in [1.165, 1.54) is 12.7 Å². The minimum absolute atomic E-state index is 0.157. The van der Waals surface area contributed by atoms with E-state index in [1.807, 2.05) is 7.05 Å². The van der Waals surface area contributed by atoms with Gasteiger partial charge in [-0.1, -0.05) is 11.6 Å². The smallest absolute Gasteiger partial charge is 0.276 e. The van der Waals surface area contributed by atoms with Crippen molar-refractivity contribution < 1.29 is 0 Å². The summed E-state index contributed by atoms with van der Waals surface area (Å²) in [6, 6.07) is 0. The molecular formula is C12H11ClN8O. The molecule has 0 aliphatic carbocycles. The molecule has 10 heteroatoms. The number of aromatic nitrogens is 8. The lowest BCUT2D eigenvalue weighted by Gasteiger charge is -1.93. The Kier molecular flexibility index (Phi) is 3.55. The number of nitrogens with zero attached hydrogens (tertiary/aromatic N) is 7. The first-order valence-electron chi connectivity index (χ1n) is 6.20. The van der Waals surface area contributed by atoms with Crippen molar-refractivity contribution in [3.63, 3.8) is 0 Å². The third-order valence-electron chi connectivity index (χ3n) is 2.98. The number of hydrogen-bond acceptors (Lipinski definition) is 6. The predicted molar refractivity (Wildman–Crippen MR) is 80.4 cm³/mol. The van der Waals surface area contributed by atoms with Crippen molar-refractivity contribution >= 4 is 33.9 Å². The Balaban J connectivity index is 0.000000131. The molecule has 0 amide bonds. The van der Waals surface area contributed by atoms with Crippen LogP contribution in [0.4, 0.5) is 0 Å². The molecular weight excluding hydrogens is 308 g/mol. The minimum Gasteiger partial charge on any atom is -0.330 e. The zero-order chi connectivity index (χ0) is 15.7. The van der Waals surface area contributed by atoms with Crippen LogP contribution in [-0.2, 0) is 14.1 Å². The average Bonchev–Trinajstić information content (AvgIpc) is 3.06. The number of halogens is 1. The molecule has 0 fully saturated rings. The fourth-order valence-corrected chi connectivity index (χ4v) is 2.20. The van der Waals surface area contributed by atoms with Crippen LogP contribution in [0.5, 0.6) is 0 Å². The molecule has 0 aliphatic heterocycles. The normalized spacial score (nSPS) is 10.7. The van der Waals surface area contributed by atoms with E-state index < -0.39 is 0 Å². The van der Waals surface area contributed by atoms with E-state index in [4.69, 9.17) is 11.6 Å². The summed E-state index contributed by atoms with van der Waals surface area (Å²) < 4.78 is 3.43. The summed E-state index contributed by atoms with van der Waals surface area (Å²) in [7, 11) is 3.61. The van der Waals surface area contributed by atoms with Crippen LogP contribution >= 0.6 is 11.6 Å². The third-order valence-corrected chi connectivity index (χ3v) is 3.26. The van der Waals surface area contributed by atoms with Gasteiger partial charge in [-0.15, -0.1) is 0 Å². The number of rotatable bonds is 0. The summed E-state index contributed by atoms with van der Waals surface area (Å²) in [6.07, 6.45) is 5.97. The van der Waals surface area contributed by atoms with Gasteiger partial charge in [0.2, 0.25) is 0 Å². The van der Waals surface area contributed by atoms with Crippen LogP contribution in [0.15, 0.2) is 30.1 Å². The Morgan fingerprint density at radius 1 is 0.955 bits per heavy atom. The molecule has 112 valence electrons. The highest BCUT2D eigenvalue weighted by molar-refractivity contribution is 6.33. The van der Waals surface area contributed by atoms with Crippen molar-refractivity contribution in [3.8, 4) is 0 Å². The molecule has 9 nitrogen and oxygen atoms in total. The fraction of sp³-hybridized carbons (Fsp3) is 0.167. The lowest BCUT2D eigenvalue weighted by molar-refractivity contribution is 0.938. The van der Waals surface area contributed by atoms with E-state index in [0.717, 1.165) is 5.52 Å². The van der Waals surface area contributed by atoms with Gasteiger partial charge < -0.3 is 14.1 Å². The molecule has 0 saturated carbocycles. The summed E-state index contributed by atoms with van der Waals surface area (Å²) in [5.41, 5.74) is 2.24. The molecule has 4 aromatic heterocycles. The van der Waals surface area contributed by atoms with Gasteiger partial charge in [0.05, 0.1) is 19.0 Å². The minimum atomic E-state index is -0.157. The molecule has 0 bridgehead atoms. The number of aryl methyl sites for hydroxylation is 2. The number of fused-ring (bicyclic) bond motifs is 2. The lowest BCUT2D eigenvalue weighted by atomic mass is 10.5. The highest BCUT2D eigenvalue weighted by atomic mass is 35.5. The van der Waals surface area contributed by atoms with Crippen molar-refractivity contribution in [2.24, 2.45) is 14.1 Å². The van der Waals surface area contributed by atoms with Gasteiger partial charge in [0.1, 0.15) is 11.8 Å². The largest absolute Gasteiger partial charge is 0.330 e. The molecule has 0 radical (unpaired) electrons. The number of H-pyrrole nitrogens is 1. The molecule has 0 aliphatic rings. The van der Waals surface area contributed by atoms with E-state index in [-0.39, 0.29) is 5.56 Å². The Labute approximate surface area is 128 Å². The molecule has 0 unspecified atom stereocenters. The summed E-state index contributed by atoms with van der Waals surface area (Å²) in [5, 5.41) is 0.440. The maximum absolute atomic E-state index is 11.1. The summed E-state index contributed by atoms with van der Waals surface area (Å²) in [4.78, 5) is 33.1. The first-order chi connectivity index (χ1) is 10.6. The van der Waals surface area contributed by atoms with Crippen LogP contribution in [0.25, 0.3) is 22.3 Å². The monoisotopic (exact) mass is 318 g/mol. The molecule has 22 heavy (non-hydrogen) atoms. The average molecular weight is 319 g/mol. The van der Waals surface area contributed by atoms with Gasteiger partial charge in [-0.25, -0.2) is 24.9 Å². The van der Waals surface area contributed by atoms with E-state index in [0.29, 0.717) is 22.0 Å². The van der Waals surface area contributed by atoms with Crippen molar-refractivity contribution in [1.82, 2.24) is 39.0 Å². The Bertz CT molecular complexity index is 1000. The second kappa shape index (κ2) is 5.53. The second-order valence-electron chi connectivity index (χ2n) is 4.45. The van der Waals surface area contributed by atoms with Crippen LogP contribution in [0, 0.1) is 0 Å². The zero-order valence-electron chi connectivity index (χ0n) is 11.7. The second-order valence-corrected chi connectivity index (χ2v) is 4.81. The Morgan fingerprint density at radius 2 is 1.59 bits per heavy atom. The van der Waals surface area contributed by atoms with Gasteiger partial charge in [0.15, 0.2) is 22.0 Å². The topological polar surface area (TPSA) is 107 Å². The van der Waals surface area contributed by atoms with Crippen molar-refractivity contribution in [3.05, 3.63) is 40.8 Å². The Hall–Kier alpha value is -2.81. The molecule has 4 rings (SSSR count). The summed E-state index contributed by atoms with van der Waals surface area (Å²) in [5.74, 6) is 0. The summed E-state index contributed by atoms with van der Waals surface area (Å²) in [6.45, 7) is 0. The molecule has 1 N–H and O–H groups in total. The first-order valence-corrected chi connectivity index (χ1v) is 6.58. The van der Waals surface area contributed by atoms with Gasteiger partial charge in [-0.2, -0.15) is 0 Å². The maximum atomic E-state index is 11.1. The molecule has 4 heterocycles. The molecule has 0 atom stereocenters. The Morgan fingerprint density at radius 3 is 2.23 bits per heavy atom. The van der Waals surface area contributed by atoms with Crippen molar-refractivity contribution in [1.29, 1.82) is 0 Å². The lowest BCUT2D eigenvalue weighted by Crippen LogP contribution is -2.08. The van der Waals surface area contributed by atoms with Gasteiger partial charge in [-0.05, 0) is 0 Å². The molecule has 0 spiro atoms. The van der Waals surface area contributed by atoms with E-state index in [9.17, 15) is 4.79 Å². The third kappa shape index (κ3) is 2.42.